The number of hydrogen-bond donors (Lipinski definition) is 2. The molecule has 0 radical (unpaired) electrons. The number of ether oxygens (including phenoxy) is 1. The van der Waals surface area contributed by atoms with Crippen LogP contribution in [0.4, 0.5) is 10.8 Å². The lowest BCUT2D eigenvalue weighted by atomic mass is 10.0. The van der Waals surface area contributed by atoms with Crippen LogP contribution in [-0.2, 0) is 6.54 Å². The second-order valence-corrected chi connectivity index (χ2v) is 6.74. The van der Waals surface area contributed by atoms with E-state index in [2.05, 4.69) is 21.3 Å². The second-order valence-electron chi connectivity index (χ2n) is 5.59. The molecule has 22 heavy (non-hydrogen) atoms. The summed E-state index contributed by atoms with van der Waals surface area (Å²) in [6.45, 7) is 3.15. The van der Waals surface area contributed by atoms with Gasteiger partial charge in [0.1, 0.15) is 5.75 Å². The van der Waals surface area contributed by atoms with Gasteiger partial charge in [0, 0.05) is 48.5 Å². The van der Waals surface area contributed by atoms with Gasteiger partial charge in [-0.2, -0.15) is 0 Å². The van der Waals surface area contributed by atoms with Gasteiger partial charge in [-0.05, 0) is 25.0 Å². The minimum Gasteiger partial charge on any atom is -0.497 e. The zero-order valence-electron chi connectivity index (χ0n) is 12.8. The smallest absolute Gasteiger partial charge is 0.180 e. The zero-order chi connectivity index (χ0) is 15.4. The third kappa shape index (κ3) is 3.90. The fourth-order valence-electron chi connectivity index (χ4n) is 2.80. The first-order valence-electron chi connectivity index (χ1n) is 7.56. The van der Waals surface area contributed by atoms with E-state index >= 15 is 0 Å². The Balaban J connectivity index is 1.49. The molecule has 2 aromatic rings. The van der Waals surface area contributed by atoms with E-state index in [0.29, 0.717) is 11.2 Å². The molecule has 6 heteroatoms. The fourth-order valence-corrected chi connectivity index (χ4v) is 3.53. The van der Waals surface area contributed by atoms with Crippen LogP contribution < -0.4 is 15.8 Å². The van der Waals surface area contributed by atoms with Crippen LogP contribution in [0.2, 0.25) is 0 Å². The van der Waals surface area contributed by atoms with Crippen molar-refractivity contribution in [3.8, 4) is 5.75 Å². The number of nitrogens with two attached hydrogens (primary N) is 1. The molecule has 2 heterocycles. The number of methoxy groups -OCH3 is 1. The molecule has 1 fully saturated rings. The van der Waals surface area contributed by atoms with Gasteiger partial charge in [-0.25, -0.2) is 4.98 Å². The Labute approximate surface area is 135 Å². The maximum atomic E-state index is 5.68. The average molecular weight is 318 g/mol. The van der Waals surface area contributed by atoms with E-state index in [1.165, 1.54) is 4.88 Å². The molecule has 1 saturated heterocycles. The van der Waals surface area contributed by atoms with Crippen molar-refractivity contribution in [3.05, 3.63) is 35.3 Å². The number of aromatic nitrogens is 1. The number of piperidine rings is 1. The van der Waals surface area contributed by atoms with E-state index in [0.717, 1.165) is 43.9 Å². The number of nitrogens with one attached hydrogen (secondary N) is 1. The fraction of sp³-hybridized carbons (Fsp3) is 0.438. The van der Waals surface area contributed by atoms with Crippen LogP contribution in [0.1, 0.15) is 17.7 Å². The highest BCUT2D eigenvalue weighted by atomic mass is 32.1. The van der Waals surface area contributed by atoms with Crippen molar-refractivity contribution in [3.63, 3.8) is 0 Å². The maximum Gasteiger partial charge on any atom is 0.180 e. The van der Waals surface area contributed by atoms with Crippen molar-refractivity contribution < 1.29 is 4.74 Å². The van der Waals surface area contributed by atoms with Gasteiger partial charge in [0.05, 0.1) is 7.11 Å². The number of nitrogen functional groups attached to an aromatic ring is 1. The van der Waals surface area contributed by atoms with Gasteiger partial charge in [-0.3, -0.25) is 4.90 Å². The monoisotopic (exact) mass is 318 g/mol. The number of rotatable bonds is 5. The Hall–Kier alpha value is -1.79. The third-order valence-electron chi connectivity index (χ3n) is 3.98. The van der Waals surface area contributed by atoms with Gasteiger partial charge in [-0.15, -0.1) is 11.3 Å². The highest BCUT2D eigenvalue weighted by Crippen LogP contribution is 2.23. The minimum atomic E-state index is 0.523. The first-order valence-corrected chi connectivity index (χ1v) is 8.38. The van der Waals surface area contributed by atoms with Gasteiger partial charge in [0.2, 0.25) is 0 Å². The topological polar surface area (TPSA) is 63.4 Å². The third-order valence-corrected chi connectivity index (χ3v) is 4.79. The van der Waals surface area contributed by atoms with Gasteiger partial charge in [0.15, 0.2) is 5.13 Å². The van der Waals surface area contributed by atoms with Crippen LogP contribution in [0.3, 0.4) is 0 Å². The van der Waals surface area contributed by atoms with Gasteiger partial charge in [0.25, 0.3) is 0 Å². The van der Waals surface area contributed by atoms with Crippen LogP contribution in [-0.4, -0.2) is 36.1 Å². The molecular formula is C16H22N4OS. The Bertz CT molecular complexity index is 608. The first kappa shape index (κ1) is 15.1. The van der Waals surface area contributed by atoms with E-state index in [1.54, 1.807) is 18.4 Å². The molecule has 0 atom stereocenters. The van der Waals surface area contributed by atoms with Crippen molar-refractivity contribution in [2.45, 2.75) is 25.4 Å². The first-order chi connectivity index (χ1) is 10.7. The molecule has 0 saturated carbocycles. The summed E-state index contributed by atoms with van der Waals surface area (Å²) in [5, 5.41) is 4.26. The van der Waals surface area contributed by atoms with Crippen LogP contribution in [0.5, 0.6) is 5.75 Å². The summed E-state index contributed by atoms with van der Waals surface area (Å²) >= 11 is 1.58. The van der Waals surface area contributed by atoms with Gasteiger partial charge < -0.3 is 15.8 Å². The normalized spacial score (nSPS) is 16.6. The standard InChI is InChI=1S/C16H22N4OS/c1-21-14-4-2-3-13(9-14)19-12-5-7-20(8-6-12)11-15-10-18-16(17)22-15/h2-4,9-10,12,19H,5-8,11H2,1H3,(H2,17,18). The number of anilines is 2. The summed E-state index contributed by atoms with van der Waals surface area (Å²) in [5.74, 6) is 0.894. The summed E-state index contributed by atoms with van der Waals surface area (Å²) in [5.41, 5.74) is 6.82. The summed E-state index contributed by atoms with van der Waals surface area (Å²) in [6, 6.07) is 8.65. The van der Waals surface area contributed by atoms with Crippen molar-refractivity contribution in [2.75, 3.05) is 31.2 Å². The van der Waals surface area contributed by atoms with Crippen molar-refractivity contribution in [2.24, 2.45) is 0 Å². The SMILES string of the molecule is COc1cccc(NC2CCN(Cc3cnc(N)s3)CC2)c1. The predicted molar refractivity (Wildman–Crippen MR) is 91.4 cm³/mol. The van der Waals surface area contributed by atoms with Crippen molar-refractivity contribution in [1.82, 2.24) is 9.88 Å². The van der Waals surface area contributed by atoms with E-state index < -0.39 is 0 Å². The van der Waals surface area contributed by atoms with Crippen molar-refractivity contribution in [1.29, 1.82) is 0 Å². The maximum absolute atomic E-state index is 5.68. The Morgan fingerprint density at radius 3 is 2.91 bits per heavy atom. The van der Waals surface area contributed by atoms with Crippen LogP contribution in [0, 0.1) is 0 Å². The lowest BCUT2D eigenvalue weighted by Crippen LogP contribution is -2.38. The van der Waals surface area contributed by atoms with E-state index in [-0.39, 0.29) is 0 Å². The van der Waals surface area contributed by atoms with Crippen molar-refractivity contribution >= 4 is 22.2 Å². The zero-order valence-corrected chi connectivity index (χ0v) is 13.6. The van der Waals surface area contributed by atoms with E-state index in [1.807, 2.05) is 24.4 Å². The van der Waals surface area contributed by atoms with Gasteiger partial charge in [-0.1, -0.05) is 6.07 Å². The van der Waals surface area contributed by atoms with E-state index in [9.17, 15) is 0 Å². The highest BCUT2D eigenvalue weighted by molar-refractivity contribution is 7.15. The molecule has 0 unspecified atom stereocenters. The molecule has 1 aromatic carbocycles. The molecule has 118 valence electrons. The average Bonchev–Trinajstić information content (AvgIpc) is 2.94. The molecule has 1 aliphatic heterocycles. The van der Waals surface area contributed by atoms with Crippen LogP contribution >= 0.6 is 11.3 Å². The highest BCUT2D eigenvalue weighted by Gasteiger charge is 2.19. The molecule has 3 N–H and O–H groups in total. The molecule has 1 aliphatic rings. The molecule has 0 aliphatic carbocycles. The quantitative estimate of drug-likeness (QED) is 0.887. The van der Waals surface area contributed by atoms with Crippen LogP contribution in [0.25, 0.3) is 0 Å². The summed E-state index contributed by atoms with van der Waals surface area (Å²) < 4.78 is 5.27. The predicted octanol–water partition coefficient (Wildman–Crippen LogP) is 2.81. The number of thiazole rings is 1. The number of likely N-dealkylation sites (tertiary alicyclic amines) is 1. The summed E-state index contributed by atoms with van der Waals surface area (Å²) in [6.07, 6.45) is 4.18. The molecule has 0 bridgehead atoms. The number of nitrogens with zero attached hydrogens (tertiary/aromatic N) is 2. The Morgan fingerprint density at radius 1 is 1.41 bits per heavy atom. The summed E-state index contributed by atoms with van der Waals surface area (Å²) in [7, 11) is 1.70. The van der Waals surface area contributed by atoms with Gasteiger partial charge >= 0.3 is 0 Å². The molecule has 5 nitrogen and oxygen atoms in total. The molecule has 3 rings (SSSR count). The Kier molecular flexibility index (Phi) is 4.80. The lowest BCUT2D eigenvalue weighted by Gasteiger charge is -2.32. The number of hydrogen-bond acceptors (Lipinski definition) is 6. The molecule has 0 amide bonds. The van der Waals surface area contributed by atoms with E-state index in [4.69, 9.17) is 10.5 Å². The molecular weight excluding hydrogens is 296 g/mol. The largest absolute Gasteiger partial charge is 0.497 e. The lowest BCUT2D eigenvalue weighted by molar-refractivity contribution is 0.213. The minimum absolute atomic E-state index is 0.523. The molecule has 0 spiro atoms. The molecule has 1 aromatic heterocycles. The summed E-state index contributed by atoms with van der Waals surface area (Å²) in [4.78, 5) is 7.83. The Morgan fingerprint density at radius 2 is 2.23 bits per heavy atom. The van der Waals surface area contributed by atoms with Crippen LogP contribution in [0.15, 0.2) is 30.5 Å². The second kappa shape index (κ2) is 6.98. The number of benzene rings is 1.